The van der Waals surface area contributed by atoms with Gasteiger partial charge >= 0.3 is 0 Å². The molecule has 21 heavy (non-hydrogen) atoms. The number of hydrogen-bond donors (Lipinski definition) is 2. The average molecular weight is 330 g/mol. The maximum atomic E-state index is 12.0. The van der Waals surface area contributed by atoms with Crippen LogP contribution in [-0.4, -0.2) is 42.9 Å². The summed E-state index contributed by atoms with van der Waals surface area (Å²) in [6.45, 7) is 1.63. The molecule has 7 heteroatoms. The van der Waals surface area contributed by atoms with Crippen LogP contribution < -0.4 is 10.6 Å². The van der Waals surface area contributed by atoms with Crippen LogP contribution in [0.5, 0.6) is 0 Å². The summed E-state index contributed by atoms with van der Waals surface area (Å²) in [6.07, 6.45) is 2.63. The highest BCUT2D eigenvalue weighted by Gasteiger charge is 2.22. The molecule has 2 rings (SSSR count). The SMILES string of the molecule is CN(CC(=O)N[C@H]1CCCCNC1=O)Cc1ccc(Cl)s1. The van der Waals surface area contributed by atoms with Crippen LogP contribution in [0.4, 0.5) is 0 Å². The minimum absolute atomic E-state index is 0.0754. The van der Waals surface area contributed by atoms with Gasteiger partial charge in [-0.2, -0.15) is 0 Å². The third kappa shape index (κ3) is 5.30. The quantitative estimate of drug-likeness (QED) is 0.863. The Labute approximate surface area is 133 Å². The van der Waals surface area contributed by atoms with E-state index in [0.717, 1.165) is 22.1 Å². The Kier molecular flexibility index (Phi) is 6.02. The van der Waals surface area contributed by atoms with Crippen LogP contribution in [0.15, 0.2) is 12.1 Å². The molecule has 1 aliphatic rings. The van der Waals surface area contributed by atoms with Gasteiger partial charge in [0.15, 0.2) is 0 Å². The molecule has 0 aliphatic carbocycles. The molecule has 1 aliphatic heterocycles. The molecular weight excluding hydrogens is 310 g/mol. The number of nitrogens with zero attached hydrogens (tertiary/aromatic N) is 1. The molecule has 2 N–H and O–H groups in total. The number of carbonyl (C=O) groups is 2. The average Bonchev–Trinajstić information content (AvgIpc) is 2.70. The maximum Gasteiger partial charge on any atom is 0.242 e. The predicted octanol–water partition coefficient (Wildman–Crippen LogP) is 1.62. The lowest BCUT2D eigenvalue weighted by atomic mass is 10.1. The van der Waals surface area contributed by atoms with Crippen molar-refractivity contribution in [3.8, 4) is 0 Å². The minimum Gasteiger partial charge on any atom is -0.354 e. The molecule has 2 heterocycles. The van der Waals surface area contributed by atoms with E-state index < -0.39 is 6.04 Å². The number of carbonyl (C=O) groups excluding carboxylic acids is 2. The molecule has 1 saturated heterocycles. The molecule has 1 aromatic heterocycles. The zero-order valence-corrected chi connectivity index (χ0v) is 13.6. The van der Waals surface area contributed by atoms with Crippen molar-refractivity contribution >= 4 is 34.8 Å². The van der Waals surface area contributed by atoms with Gasteiger partial charge in [0.1, 0.15) is 6.04 Å². The van der Waals surface area contributed by atoms with Gasteiger partial charge in [0.05, 0.1) is 10.9 Å². The summed E-state index contributed by atoms with van der Waals surface area (Å²) in [5.74, 6) is -0.198. The number of amides is 2. The molecule has 0 unspecified atom stereocenters. The third-order valence-electron chi connectivity index (χ3n) is 3.34. The van der Waals surface area contributed by atoms with E-state index >= 15 is 0 Å². The molecule has 1 fully saturated rings. The number of rotatable bonds is 5. The van der Waals surface area contributed by atoms with Crippen molar-refractivity contribution < 1.29 is 9.59 Å². The molecule has 116 valence electrons. The van der Waals surface area contributed by atoms with Crippen molar-refractivity contribution in [1.29, 1.82) is 0 Å². The van der Waals surface area contributed by atoms with Crippen molar-refractivity contribution in [2.75, 3.05) is 20.1 Å². The van der Waals surface area contributed by atoms with Gasteiger partial charge in [-0.1, -0.05) is 11.6 Å². The fourth-order valence-corrected chi connectivity index (χ4v) is 3.49. The summed E-state index contributed by atoms with van der Waals surface area (Å²) in [7, 11) is 1.88. The van der Waals surface area contributed by atoms with Gasteiger partial charge in [-0.3, -0.25) is 14.5 Å². The second kappa shape index (κ2) is 7.77. The van der Waals surface area contributed by atoms with Gasteiger partial charge in [0.25, 0.3) is 0 Å². The highest BCUT2D eigenvalue weighted by Crippen LogP contribution is 2.22. The van der Waals surface area contributed by atoms with E-state index in [1.54, 1.807) is 0 Å². The van der Waals surface area contributed by atoms with E-state index in [2.05, 4.69) is 10.6 Å². The van der Waals surface area contributed by atoms with Crippen LogP contribution in [0.1, 0.15) is 24.1 Å². The van der Waals surface area contributed by atoms with E-state index in [9.17, 15) is 9.59 Å². The van der Waals surface area contributed by atoms with Crippen molar-refractivity contribution in [1.82, 2.24) is 15.5 Å². The summed E-state index contributed by atoms with van der Waals surface area (Å²) in [4.78, 5) is 26.8. The zero-order chi connectivity index (χ0) is 15.2. The van der Waals surface area contributed by atoms with Crippen LogP contribution >= 0.6 is 22.9 Å². The highest BCUT2D eigenvalue weighted by atomic mass is 35.5. The van der Waals surface area contributed by atoms with Gasteiger partial charge in [0, 0.05) is 18.0 Å². The molecule has 0 aromatic carbocycles. The molecule has 0 radical (unpaired) electrons. The Balaban J connectivity index is 1.79. The first-order valence-electron chi connectivity index (χ1n) is 7.04. The predicted molar refractivity (Wildman–Crippen MR) is 84.5 cm³/mol. The number of nitrogens with one attached hydrogen (secondary N) is 2. The Morgan fingerprint density at radius 3 is 3.05 bits per heavy atom. The van der Waals surface area contributed by atoms with E-state index in [-0.39, 0.29) is 18.4 Å². The smallest absolute Gasteiger partial charge is 0.242 e. The van der Waals surface area contributed by atoms with E-state index in [1.807, 2.05) is 24.1 Å². The minimum atomic E-state index is -0.399. The van der Waals surface area contributed by atoms with Crippen molar-refractivity contribution in [2.24, 2.45) is 0 Å². The first-order chi connectivity index (χ1) is 10.0. The lowest BCUT2D eigenvalue weighted by molar-refractivity contribution is -0.129. The van der Waals surface area contributed by atoms with Gasteiger partial charge in [0.2, 0.25) is 11.8 Å². The largest absolute Gasteiger partial charge is 0.354 e. The number of thiophene rings is 1. The number of halogens is 1. The molecule has 1 aromatic rings. The van der Waals surface area contributed by atoms with Gasteiger partial charge in [-0.15, -0.1) is 11.3 Å². The summed E-state index contributed by atoms with van der Waals surface area (Å²) >= 11 is 7.40. The summed E-state index contributed by atoms with van der Waals surface area (Å²) in [6, 6.07) is 3.41. The lowest BCUT2D eigenvalue weighted by Crippen LogP contribution is -2.48. The monoisotopic (exact) mass is 329 g/mol. The fraction of sp³-hybridized carbons (Fsp3) is 0.571. The second-order valence-electron chi connectivity index (χ2n) is 5.29. The molecule has 0 spiro atoms. The Morgan fingerprint density at radius 1 is 1.52 bits per heavy atom. The van der Waals surface area contributed by atoms with Crippen LogP contribution in [0.25, 0.3) is 0 Å². The highest BCUT2D eigenvalue weighted by molar-refractivity contribution is 7.16. The van der Waals surface area contributed by atoms with E-state index in [0.29, 0.717) is 19.5 Å². The first-order valence-corrected chi connectivity index (χ1v) is 8.24. The standard InChI is InChI=1S/C14H20ClN3O2S/c1-18(8-10-5-6-12(15)21-10)9-13(19)17-11-4-2-3-7-16-14(11)20/h5-6,11H,2-4,7-9H2,1H3,(H,16,20)(H,17,19)/t11-/m0/s1. The molecule has 0 bridgehead atoms. The molecule has 2 amide bonds. The number of likely N-dealkylation sites (N-methyl/N-ethyl adjacent to an activating group) is 1. The van der Waals surface area contributed by atoms with Gasteiger partial charge < -0.3 is 10.6 Å². The third-order valence-corrected chi connectivity index (χ3v) is 4.55. The van der Waals surface area contributed by atoms with Crippen molar-refractivity contribution in [3.05, 3.63) is 21.3 Å². The molecule has 0 saturated carbocycles. The van der Waals surface area contributed by atoms with Gasteiger partial charge in [-0.05, 0) is 38.4 Å². The molecular formula is C14H20ClN3O2S. The summed E-state index contributed by atoms with van der Waals surface area (Å²) < 4.78 is 0.748. The van der Waals surface area contributed by atoms with Gasteiger partial charge in [-0.25, -0.2) is 0 Å². The van der Waals surface area contributed by atoms with Crippen LogP contribution in [0, 0.1) is 0 Å². The lowest BCUT2D eigenvalue weighted by Gasteiger charge is -2.19. The Bertz CT molecular complexity index is 506. The Morgan fingerprint density at radius 2 is 2.33 bits per heavy atom. The fourth-order valence-electron chi connectivity index (χ4n) is 2.32. The normalized spacial score (nSPS) is 19.2. The van der Waals surface area contributed by atoms with Crippen LogP contribution in [0.2, 0.25) is 4.34 Å². The molecule has 1 atom stereocenters. The first kappa shape index (κ1) is 16.3. The van der Waals surface area contributed by atoms with Crippen LogP contribution in [-0.2, 0) is 16.1 Å². The van der Waals surface area contributed by atoms with Crippen molar-refractivity contribution in [2.45, 2.75) is 31.8 Å². The maximum absolute atomic E-state index is 12.0. The molecule has 5 nitrogen and oxygen atoms in total. The van der Waals surface area contributed by atoms with Crippen LogP contribution in [0.3, 0.4) is 0 Å². The summed E-state index contributed by atoms with van der Waals surface area (Å²) in [5, 5.41) is 5.63. The zero-order valence-electron chi connectivity index (χ0n) is 12.0. The number of hydrogen-bond acceptors (Lipinski definition) is 4. The topological polar surface area (TPSA) is 61.4 Å². The van der Waals surface area contributed by atoms with E-state index in [1.165, 1.54) is 11.3 Å². The van der Waals surface area contributed by atoms with E-state index in [4.69, 9.17) is 11.6 Å². The Hall–Kier alpha value is -1.11. The second-order valence-corrected chi connectivity index (χ2v) is 7.08. The van der Waals surface area contributed by atoms with Crippen molar-refractivity contribution in [3.63, 3.8) is 0 Å². The summed E-state index contributed by atoms with van der Waals surface area (Å²) in [5.41, 5.74) is 0.